The second kappa shape index (κ2) is 8.91. The highest BCUT2D eigenvalue weighted by Crippen LogP contribution is 2.33. The third kappa shape index (κ3) is 4.83. The van der Waals surface area contributed by atoms with Gasteiger partial charge < -0.3 is 14.5 Å². The van der Waals surface area contributed by atoms with Crippen molar-refractivity contribution < 1.29 is 19.2 Å². The molecule has 8 nitrogen and oxygen atoms in total. The topological polar surface area (TPSA) is 93.0 Å². The standard InChI is InChI=1S/C20H20ClN3O5/c1-2-19(25)22-9-11-23(12-10-22)20(26)14-3-6-16(7-4-14)29-18-8-5-15(21)13-17(18)24(27)28/h3-8,13H,2,9-12H2,1H3. The molecule has 0 saturated carbocycles. The number of nitro benzene ring substituents is 1. The molecule has 0 aliphatic carbocycles. The molecule has 0 atom stereocenters. The van der Waals surface area contributed by atoms with Gasteiger partial charge in [-0.15, -0.1) is 0 Å². The van der Waals surface area contributed by atoms with E-state index in [-0.39, 0.29) is 28.3 Å². The number of hydrogen-bond donors (Lipinski definition) is 0. The van der Waals surface area contributed by atoms with Crippen LogP contribution in [-0.4, -0.2) is 52.7 Å². The predicted octanol–water partition coefficient (Wildman–Crippen LogP) is 3.73. The van der Waals surface area contributed by atoms with Gasteiger partial charge in [-0.3, -0.25) is 19.7 Å². The third-order valence-electron chi connectivity index (χ3n) is 4.67. The summed E-state index contributed by atoms with van der Waals surface area (Å²) in [6, 6.07) is 10.6. The molecular formula is C20H20ClN3O5. The minimum atomic E-state index is -0.567. The van der Waals surface area contributed by atoms with Gasteiger partial charge in [-0.2, -0.15) is 0 Å². The van der Waals surface area contributed by atoms with Gasteiger partial charge >= 0.3 is 5.69 Å². The largest absolute Gasteiger partial charge is 0.450 e. The van der Waals surface area contributed by atoms with E-state index in [1.165, 1.54) is 18.2 Å². The van der Waals surface area contributed by atoms with Gasteiger partial charge in [0.15, 0.2) is 0 Å². The van der Waals surface area contributed by atoms with E-state index in [2.05, 4.69) is 0 Å². The van der Waals surface area contributed by atoms with E-state index >= 15 is 0 Å². The summed E-state index contributed by atoms with van der Waals surface area (Å²) in [4.78, 5) is 38.5. The highest BCUT2D eigenvalue weighted by atomic mass is 35.5. The van der Waals surface area contributed by atoms with Gasteiger partial charge in [-0.05, 0) is 36.4 Å². The molecule has 1 saturated heterocycles. The lowest BCUT2D eigenvalue weighted by Crippen LogP contribution is -2.50. The first-order valence-corrected chi connectivity index (χ1v) is 9.55. The molecule has 0 bridgehead atoms. The molecule has 1 heterocycles. The van der Waals surface area contributed by atoms with Crippen molar-refractivity contribution >= 4 is 29.1 Å². The molecule has 152 valence electrons. The third-order valence-corrected chi connectivity index (χ3v) is 4.90. The van der Waals surface area contributed by atoms with E-state index in [4.69, 9.17) is 16.3 Å². The predicted molar refractivity (Wildman–Crippen MR) is 107 cm³/mol. The summed E-state index contributed by atoms with van der Waals surface area (Å²) in [5, 5.41) is 11.4. The summed E-state index contributed by atoms with van der Waals surface area (Å²) in [6.45, 7) is 3.85. The molecular weight excluding hydrogens is 398 g/mol. The van der Waals surface area contributed by atoms with Gasteiger partial charge in [0.1, 0.15) is 5.75 Å². The Morgan fingerprint density at radius 1 is 1.07 bits per heavy atom. The zero-order chi connectivity index (χ0) is 21.0. The maximum atomic E-state index is 12.7. The SMILES string of the molecule is CCC(=O)N1CCN(C(=O)c2ccc(Oc3ccc(Cl)cc3[N+](=O)[O-])cc2)CC1. The van der Waals surface area contributed by atoms with E-state index in [9.17, 15) is 19.7 Å². The van der Waals surface area contributed by atoms with E-state index < -0.39 is 4.92 Å². The summed E-state index contributed by atoms with van der Waals surface area (Å²) in [5.74, 6) is 0.396. The van der Waals surface area contributed by atoms with Gasteiger partial charge in [0.2, 0.25) is 11.7 Å². The summed E-state index contributed by atoms with van der Waals surface area (Å²) in [7, 11) is 0. The Morgan fingerprint density at radius 3 is 2.28 bits per heavy atom. The van der Waals surface area contributed by atoms with Gasteiger partial charge in [-0.25, -0.2) is 0 Å². The van der Waals surface area contributed by atoms with Crippen LogP contribution >= 0.6 is 11.6 Å². The van der Waals surface area contributed by atoms with Crippen molar-refractivity contribution in [1.29, 1.82) is 0 Å². The van der Waals surface area contributed by atoms with E-state index in [0.29, 0.717) is 43.9 Å². The number of amides is 2. The van der Waals surface area contributed by atoms with E-state index in [1.54, 1.807) is 34.1 Å². The van der Waals surface area contributed by atoms with Crippen LogP contribution in [0.3, 0.4) is 0 Å². The monoisotopic (exact) mass is 417 g/mol. The molecule has 9 heteroatoms. The van der Waals surface area contributed by atoms with Crippen LogP contribution in [0.1, 0.15) is 23.7 Å². The van der Waals surface area contributed by atoms with Crippen LogP contribution in [-0.2, 0) is 4.79 Å². The normalized spacial score (nSPS) is 13.9. The number of halogens is 1. The lowest BCUT2D eigenvalue weighted by molar-refractivity contribution is -0.385. The number of nitrogens with zero attached hydrogens (tertiary/aromatic N) is 3. The number of piperazine rings is 1. The Morgan fingerprint density at radius 2 is 1.69 bits per heavy atom. The van der Waals surface area contributed by atoms with Crippen molar-refractivity contribution in [3.05, 3.63) is 63.2 Å². The van der Waals surface area contributed by atoms with Gasteiger partial charge in [-0.1, -0.05) is 18.5 Å². The average Bonchev–Trinajstić information content (AvgIpc) is 2.74. The second-order valence-corrected chi connectivity index (χ2v) is 6.96. The van der Waals surface area contributed by atoms with Gasteiger partial charge in [0.25, 0.3) is 5.91 Å². The zero-order valence-electron chi connectivity index (χ0n) is 15.8. The fraction of sp³-hybridized carbons (Fsp3) is 0.300. The lowest BCUT2D eigenvalue weighted by atomic mass is 10.1. The van der Waals surface area contributed by atoms with Crippen LogP contribution in [0, 0.1) is 10.1 Å². The Kier molecular flexibility index (Phi) is 6.33. The highest BCUT2D eigenvalue weighted by Gasteiger charge is 2.24. The maximum Gasteiger partial charge on any atom is 0.313 e. The summed E-state index contributed by atoms with van der Waals surface area (Å²) in [6.07, 6.45) is 0.460. The minimum absolute atomic E-state index is 0.0650. The van der Waals surface area contributed by atoms with Crippen LogP contribution in [0.4, 0.5) is 5.69 Å². The Balaban J connectivity index is 1.66. The second-order valence-electron chi connectivity index (χ2n) is 6.52. The van der Waals surface area contributed by atoms with Crippen molar-refractivity contribution in [2.75, 3.05) is 26.2 Å². The smallest absolute Gasteiger partial charge is 0.313 e. The summed E-state index contributed by atoms with van der Waals surface area (Å²) in [5.41, 5.74) is 0.246. The summed E-state index contributed by atoms with van der Waals surface area (Å²) < 4.78 is 5.59. The van der Waals surface area contributed by atoms with E-state index in [0.717, 1.165) is 0 Å². The number of carbonyl (C=O) groups is 2. The van der Waals surface area contributed by atoms with Crippen LogP contribution in [0.2, 0.25) is 5.02 Å². The van der Waals surface area contributed by atoms with Crippen molar-refractivity contribution in [3.63, 3.8) is 0 Å². The molecule has 2 aromatic rings. The highest BCUT2D eigenvalue weighted by molar-refractivity contribution is 6.30. The number of ether oxygens (including phenoxy) is 1. The van der Waals surface area contributed by atoms with Gasteiger partial charge in [0, 0.05) is 49.3 Å². The van der Waals surface area contributed by atoms with Crippen molar-refractivity contribution in [2.24, 2.45) is 0 Å². The Bertz CT molecular complexity index is 924. The van der Waals surface area contributed by atoms with Crippen LogP contribution in [0.15, 0.2) is 42.5 Å². The van der Waals surface area contributed by atoms with Crippen LogP contribution in [0.25, 0.3) is 0 Å². The zero-order valence-corrected chi connectivity index (χ0v) is 16.6. The van der Waals surface area contributed by atoms with Crippen LogP contribution < -0.4 is 4.74 Å². The van der Waals surface area contributed by atoms with Crippen molar-refractivity contribution in [3.8, 4) is 11.5 Å². The van der Waals surface area contributed by atoms with Gasteiger partial charge in [0.05, 0.1) is 4.92 Å². The first kappa shape index (κ1) is 20.6. The summed E-state index contributed by atoms with van der Waals surface area (Å²) >= 11 is 5.80. The Labute approximate surface area is 172 Å². The van der Waals surface area contributed by atoms with E-state index in [1.807, 2.05) is 6.92 Å². The molecule has 2 aromatic carbocycles. The van der Waals surface area contributed by atoms with Crippen LogP contribution in [0.5, 0.6) is 11.5 Å². The molecule has 29 heavy (non-hydrogen) atoms. The molecule has 1 aliphatic rings. The number of carbonyl (C=O) groups excluding carboxylic acids is 2. The number of benzene rings is 2. The number of rotatable bonds is 5. The quantitative estimate of drug-likeness (QED) is 0.545. The van der Waals surface area contributed by atoms with Crippen molar-refractivity contribution in [1.82, 2.24) is 9.80 Å². The number of nitro groups is 1. The minimum Gasteiger partial charge on any atom is -0.450 e. The molecule has 0 spiro atoms. The molecule has 0 unspecified atom stereocenters. The molecule has 0 N–H and O–H groups in total. The molecule has 2 amide bonds. The Hall–Kier alpha value is -3.13. The van der Waals surface area contributed by atoms with Crippen molar-refractivity contribution in [2.45, 2.75) is 13.3 Å². The molecule has 0 aromatic heterocycles. The fourth-order valence-corrected chi connectivity index (χ4v) is 3.24. The maximum absolute atomic E-state index is 12.7. The first-order valence-electron chi connectivity index (χ1n) is 9.18. The first-order chi connectivity index (χ1) is 13.9. The molecule has 0 radical (unpaired) electrons. The number of hydrogen-bond acceptors (Lipinski definition) is 5. The molecule has 1 fully saturated rings. The fourth-order valence-electron chi connectivity index (χ4n) is 3.08. The lowest BCUT2D eigenvalue weighted by Gasteiger charge is -2.34. The average molecular weight is 418 g/mol. The molecule has 3 rings (SSSR count). The molecule has 1 aliphatic heterocycles.